The summed E-state index contributed by atoms with van der Waals surface area (Å²) in [4.78, 5) is 4.28. The molecule has 2 rings (SSSR count). The first-order valence-electron chi connectivity index (χ1n) is 5.68. The molecule has 4 nitrogen and oxygen atoms in total. The van der Waals surface area contributed by atoms with Crippen LogP contribution in [-0.4, -0.2) is 13.4 Å². The fourth-order valence-corrected chi connectivity index (χ4v) is 3.29. The van der Waals surface area contributed by atoms with Crippen molar-refractivity contribution in [3.63, 3.8) is 0 Å². The molecule has 0 bridgehead atoms. The Balaban J connectivity index is 2.24. The molecule has 21 heavy (non-hydrogen) atoms. The van der Waals surface area contributed by atoms with Gasteiger partial charge in [0.05, 0.1) is 5.69 Å². The maximum Gasteiger partial charge on any atom is 0.264 e. The second-order valence-electron chi connectivity index (χ2n) is 4.17. The van der Waals surface area contributed by atoms with Gasteiger partial charge in [-0.15, -0.1) is 11.3 Å². The molecule has 0 fully saturated rings. The van der Waals surface area contributed by atoms with Crippen molar-refractivity contribution in [2.45, 2.75) is 25.3 Å². The van der Waals surface area contributed by atoms with Gasteiger partial charge in [-0.05, 0) is 26.0 Å². The van der Waals surface area contributed by atoms with Crippen LogP contribution in [0.1, 0.15) is 15.6 Å². The summed E-state index contributed by atoms with van der Waals surface area (Å²) in [5.74, 6) is -3.36. The second-order valence-corrected chi connectivity index (χ2v) is 7.99. The number of rotatable bonds is 4. The van der Waals surface area contributed by atoms with Crippen molar-refractivity contribution in [2.75, 3.05) is 0 Å². The number of hydrogen-bond donors (Lipinski definition) is 0. The lowest BCUT2D eigenvalue weighted by molar-refractivity contribution is 0.282. The van der Waals surface area contributed by atoms with Crippen LogP contribution in [0.15, 0.2) is 17.0 Å². The minimum absolute atomic E-state index is 0.0390. The summed E-state index contributed by atoms with van der Waals surface area (Å²) in [6.45, 7) is 3.68. The maximum absolute atomic E-state index is 13.7. The highest BCUT2D eigenvalue weighted by molar-refractivity contribution is 8.13. The zero-order valence-corrected chi connectivity index (χ0v) is 13.4. The molecule has 0 atom stereocenters. The highest BCUT2D eigenvalue weighted by atomic mass is 35.7. The van der Waals surface area contributed by atoms with Gasteiger partial charge in [0.2, 0.25) is 5.82 Å². The summed E-state index contributed by atoms with van der Waals surface area (Å²) in [6.07, 6.45) is 0. The minimum Gasteiger partial charge on any atom is -0.483 e. The van der Waals surface area contributed by atoms with E-state index in [2.05, 4.69) is 4.98 Å². The van der Waals surface area contributed by atoms with E-state index in [1.54, 1.807) is 0 Å². The third kappa shape index (κ3) is 3.50. The fraction of sp³-hybridized carbons (Fsp3) is 0.250. The predicted octanol–water partition coefficient (Wildman–Crippen LogP) is 3.54. The third-order valence-electron chi connectivity index (χ3n) is 2.70. The lowest BCUT2D eigenvalue weighted by atomic mass is 10.3. The quantitative estimate of drug-likeness (QED) is 0.789. The molecule has 0 aliphatic heterocycles. The van der Waals surface area contributed by atoms with E-state index in [4.69, 9.17) is 15.4 Å². The van der Waals surface area contributed by atoms with Crippen molar-refractivity contribution in [3.8, 4) is 5.75 Å². The first kappa shape index (κ1) is 16.1. The highest BCUT2D eigenvalue weighted by Gasteiger charge is 2.22. The molecular weight excluding hydrogens is 344 g/mol. The van der Waals surface area contributed by atoms with Crippen LogP contribution in [0.3, 0.4) is 0 Å². The van der Waals surface area contributed by atoms with Gasteiger partial charge in [-0.25, -0.2) is 17.8 Å². The summed E-state index contributed by atoms with van der Waals surface area (Å²) in [5.41, 5.74) is 0.842. The summed E-state index contributed by atoms with van der Waals surface area (Å²) in [5, 5.41) is 0.610. The van der Waals surface area contributed by atoms with Gasteiger partial charge in [-0.3, -0.25) is 0 Å². The Labute approximate surface area is 128 Å². The van der Waals surface area contributed by atoms with Gasteiger partial charge in [-0.2, -0.15) is 4.39 Å². The Bertz CT molecular complexity index is 771. The molecule has 1 heterocycles. The maximum atomic E-state index is 13.7. The summed E-state index contributed by atoms with van der Waals surface area (Å²) in [6, 6.07) is 1.87. The largest absolute Gasteiger partial charge is 0.483 e. The Hall–Kier alpha value is -1.25. The molecule has 0 saturated heterocycles. The third-order valence-corrected chi connectivity index (χ3v) is 5.08. The van der Waals surface area contributed by atoms with Crippen LogP contribution in [-0.2, 0) is 15.7 Å². The van der Waals surface area contributed by atoms with E-state index < -0.39 is 31.3 Å². The fourth-order valence-electron chi connectivity index (χ4n) is 1.55. The standard InChI is InChI=1S/C12H10ClF2NO3S2/c1-6-7(2)20-10(16-6)5-19-8-3-4-9(21(13,17)18)12(15)11(8)14/h3-4H,5H2,1-2H3. The number of aryl methyl sites for hydroxylation is 2. The van der Waals surface area contributed by atoms with E-state index in [9.17, 15) is 17.2 Å². The number of thiazole rings is 1. The number of aromatic nitrogens is 1. The molecule has 1 aromatic heterocycles. The molecule has 0 radical (unpaired) electrons. The Morgan fingerprint density at radius 2 is 1.95 bits per heavy atom. The van der Waals surface area contributed by atoms with Crippen molar-refractivity contribution in [3.05, 3.63) is 39.3 Å². The summed E-state index contributed by atoms with van der Waals surface area (Å²) in [7, 11) is 0.647. The van der Waals surface area contributed by atoms with E-state index in [-0.39, 0.29) is 6.61 Å². The van der Waals surface area contributed by atoms with E-state index in [1.165, 1.54) is 11.3 Å². The Morgan fingerprint density at radius 3 is 2.48 bits per heavy atom. The van der Waals surface area contributed by atoms with Crippen LogP contribution in [0.25, 0.3) is 0 Å². The molecule has 0 aliphatic carbocycles. The number of halogens is 3. The van der Waals surface area contributed by atoms with Crippen molar-refractivity contribution in [1.82, 2.24) is 4.98 Å². The number of ether oxygens (including phenoxy) is 1. The smallest absolute Gasteiger partial charge is 0.264 e. The van der Waals surface area contributed by atoms with E-state index in [1.807, 2.05) is 13.8 Å². The number of nitrogens with zero attached hydrogens (tertiary/aromatic N) is 1. The van der Waals surface area contributed by atoms with E-state index in [0.29, 0.717) is 5.01 Å². The predicted molar refractivity (Wildman–Crippen MR) is 75.3 cm³/mol. The molecule has 1 aromatic carbocycles. The molecule has 0 N–H and O–H groups in total. The Kier molecular flexibility index (Phi) is 4.50. The van der Waals surface area contributed by atoms with Crippen LogP contribution in [0, 0.1) is 25.5 Å². The average Bonchev–Trinajstić information content (AvgIpc) is 2.69. The van der Waals surface area contributed by atoms with Crippen LogP contribution in [0.5, 0.6) is 5.75 Å². The second kappa shape index (κ2) is 5.86. The van der Waals surface area contributed by atoms with Crippen LogP contribution >= 0.6 is 22.0 Å². The molecular formula is C12H10ClF2NO3S2. The lowest BCUT2D eigenvalue weighted by Crippen LogP contribution is -2.03. The molecule has 0 unspecified atom stereocenters. The molecule has 0 saturated carbocycles. The van der Waals surface area contributed by atoms with Crippen molar-refractivity contribution in [2.24, 2.45) is 0 Å². The molecule has 114 valence electrons. The van der Waals surface area contributed by atoms with Crippen molar-refractivity contribution in [1.29, 1.82) is 0 Å². The highest BCUT2D eigenvalue weighted by Crippen LogP contribution is 2.28. The molecule has 0 aliphatic rings. The van der Waals surface area contributed by atoms with Crippen LogP contribution in [0.2, 0.25) is 0 Å². The van der Waals surface area contributed by atoms with Gasteiger partial charge < -0.3 is 4.74 Å². The van der Waals surface area contributed by atoms with Crippen LogP contribution < -0.4 is 4.74 Å². The SMILES string of the molecule is Cc1nc(COc2ccc(S(=O)(=O)Cl)c(F)c2F)sc1C. The van der Waals surface area contributed by atoms with Gasteiger partial charge >= 0.3 is 0 Å². The molecule has 2 aromatic rings. The van der Waals surface area contributed by atoms with Gasteiger partial charge in [0.1, 0.15) is 16.5 Å². The first-order valence-corrected chi connectivity index (χ1v) is 8.81. The van der Waals surface area contributed by atoms with Gasteiger partial charge in [0, 0.05) is 15.6 Å². The minimum atomic E-state index is -4.35. The van der Waals surface area contributed by atoms with Gasteiger partial charge in [0.25, 0.3) is 9.05 Å². The lowest BCUT2D eigenvalue weighted by Gasteiger charge is -2.07. The van der Waals surface area contributed by atoms with Gasteiger partial charge in [0.15, 0.2) is 11.6 Å². The molecule has 0 spiro atoms. The first-order chi connectivity index (χ1) is 9.70. The molecule has 0 amide bonds. The van der Waals surface area contributed by atoms with Gasteiger partial charge in [-0.1, -0.05) is 0 Å². The van der Waals surface area contributed by atoms with Crippen LogP contribution in [0.4, 0.5) is 8.78 Å². The Morgan fingerprint density at radius 1 is 1.29 bits per heavy atom. The zero-order valence-electron chi connectivity index (χ0n) is 11.0. The topological polar surface area (TPSA) is 56.3 Å². The summed E-state index contributed by atoms with van der Waals surface area (Å²) >= 11 is 1.38. The monoisotopic (exact) mass is 353 g/mol. The van der Waals surface area contributed by atoms with Crippen molar-refractivity contribution < 1.29 is 21.9 Å². The summed E-state index contributed by atoms with van der Waals surface area (Å²) < 4.78 is 54.6. The molecule has 9 heteroatoms. The zero-order chi connectivity index (χ0) is 15.8. The number of hydrogen-bond acceptors (Lipinski definition) is 5. The van der Waals surface area contributed by atoms with E-state index in [0.717, 1.165) is 22.7 Å². The van der Waals surface area contributed by atoms with E-state index >= 15 is 0 Å². The average molecular weight is 354 g/mol. The normalized spacial score (nSPS) is 11.7. The van der Waals surface area contributed by atoms with Crippen molar-refractivity contribution >= 4 is 31.1 Å². The number of benzene rings is 1.